The molecule has 0 amide bonds. The van der Waals surface area contributed by atoms with Gasteiger partial charge in [-0.2, -0.15) is 0 Å². The quantitative estimate of drug-likeness (QED) is 0.758. The van der Waals surface area contributed by atoms with Crippen molar-refractivity contribution in [2.24, 2.45) is 0 Å². The van der Waals surface area contributed by atoms with Crippen LogP contribution < -0.4 is 0 Å². The number of aliphatic hydroxyl groups is 1. The molecule has 1 unspecified atom stereocenters. The van der Waals surface area contributed by atoms with Gasteiger partial charge in [-0.05, 0) is 18.6 Å². The first-order valence-corrected chi connectivity index (χ1v) is 4.08. The highest BCUT2D eigenvalue weighted by Gasteiger charge is 2.37. The van der Waals surface area contributed by atoms with Crippen LogP contribution in [0.4, 0.5) is 4.39 Å². The average Bonchev–Trinajstić information content (AvgIpc) is 2.17. The van der Waals surface area contributed by atoms with Gasteiger partial charge >= 0.3 is 5.97 Å². The summed E-state index contributed by atoms with van der Waals surface area (Å²) in [7, 11) is 0. The molecule has 0 bridgehead atoms. The van der Waals surface area contributed by atoms with Crippen molar-refractivity contribution >= 4 is 5.97 Å². The lowest BCUT2D eigenvalue weighted by Crippen LogP contribution is -2.35. The Morgan fingerprint density at radius 2 is 2.29 bits per heavy atom. The van der Waals surface area contributed by atoms with E-state index in [1.807, 2.05) is 0 Å². The third kappa shape index (κ3) is 1.72. The third-order valence-corrected chi connectivity index (χ3v) is 2.02. The molecule has 0 aromatic carbocycles. The number of nitrogens with zero attached hydrogens (tertiary/aromatic N) is 1. The first-order chi connectivity index (χ1) is 6.50. The zero-order valence-corrected chi connectivity index (χ0v) is 7.57. The molecule has 0 radical (unpaired) electrons. The molecule has 1 aromatic rings. The summed E-state index contributed by atoms with van der Waals surface area (Å²) in [5, 5.41) is 18.4. The summed E-state index contributed by atoms with van der Waals surface area (Å²) in [6.45, 7) is 1.51. The molecular formula is C9H10FNO3. The number of halogens is 1. The Morgan fingerprint density at radius 1 is 1.64 bits per heavy atom. The van der Waals surface area contributed by atoms with Crippen LogP contribution >= 0.6 is 0 Å². The second-order valence-electron chi connectivity index (χ2n) is 2.88. The molecule has 14 heavy (non-hydrogen) atoms. The van der Waals surface area contributed by atoms with Crippen LogP contribution in [-0.4, -0.2) is 21.2 Å². The molecule has 5 heteroatoms. The van der Waals surface area contributed by atoms with E-state index < -0.39 is 17.4 Å². The second-order valence-corrected chi connectivity index (χ2v) is 2.88. The van der Waals surface area contributed by atoms with E-state index in [2.05, 4.69) is 4.98 Å². The Morgan fingerprint density at radius 3 is 2.64 bits per heavy atom. The fourth-order valence-electron chi connectivity index (χ4n) is 1.06. The molecule has 0 fully saturated rings. The van der Waals surface area contributed by atoms with Crippen molar-refractivity contribution in [3.63, 3.8) is 0 Å². The Balaban J connectivity index is 3.13. The maximum absolute atomic E-state index is 12.5. The predicted molar refractivity (Wildman–Crippen MR) is 46.0 cm³/mol. The standard InChI is InChI=1S/C9H10FNO3/c1-2-9(14,8(12)13)7-4-3-6(10)5-11-7/h3-5,14H,2H2,1H3,(H,12,13). The zero-order valence-electron chi connectivity index (χ0n) is 7.57. The van der Waals surface area contributed by atoms with Crippen LogP contribution in [0.1, 0.15) is 19.0 Å². The SMILES string of the molecule is CCC(O)(C(=O)O)c1ccc(F)cn1. The van der Waals surface area contributed by atoms with Crippen LogP contribution in [0.15, 0.2) is 18.3 Å². The van der Waals surface area contributed by atoms with Crippen LogP contribution in [0.5, 0.6) is 0 Å². The molecule has 1 atom stereocenters. The van der Waals surface area contributed by atoms with E-state index in [4.69, 9.17) is 5.11 Å². The summed E-state index contributed by atoms with van der Waals surface area (Å²) in [6.07, 6.45) is 0.847. The number of hydrogen-bond acceptors (Lipinski definition) is 3. The minimum Gasteiger partial charge on any atom is -0.479 e. The van der Waals surface area contributed by atoms with Crippen molar-refractivity contribution in [2.75, 3.05) is 0 Å². The van der Waals surface area contributed by atoms with Gasteiger partial charge in [0, 0.05) is 0 Å². The largest absolute Gasteiger partial charge is 0.479 e. The highest BCUT2D eigenvalue weighted by Crippen LogP contribution is 2.23. The maximum Gasteiger partial charge on any atom is 0.342 e. The third-order valence-electron chi connectivity index (χ3n) is 2.02. The van der Waals surface area contributed by atoms with E-state index in [1.165, 1.54) is 6.92 Å². The summed E-state index contributed by atoms with van der Waals surface area (Å²) in [5.74, 6) is -1.96. The normalized spacial score (nSPS) is 14.8. The van der Waals surface area contributed by atoms with Gasteiger partial charge in [0.05, 0.1) is 11.9 Å². The summed E-state index contributed by atoms with van der Waals surface area (Å²) in [5.41, 5.74) is -2.10. The second kappa shape index (κ2) is 3.71. The maximum atomic E-state index is 12.5. The molecule has 2 N–H and O–H groups in total. The van der Waals surface area contributed by atoms with Crippen molar-refractivity contribution in [2.45, 2.75) is 18.9 Å². The van der Waals surface area contributed by atoms with Crippen molar-refractivity contribution in [3.05, 3.63) is 29.8 Å². The monoisotopic (exact) mass is 199 g/mol. The number of carboxylic acids is 1. The van der Waals surface area contributed by atoms with Crippen LogP contribution in [0, 0.1) is 5.82 Å². The predicted octanol–water partition coefficient (Wildman–Crippen LogP) is 0.903. The van der Waals surface area contributed by atoms with Gasteiger partial charge in [0.15, 0.2) is 0 Å². The number of carboxylic acid groups (broad SMARTS) is 1. The summed E-state index contributed by atoms with van der Waals surface area (Å²) < 4.78 is 12.5. The summed E-state index contributed by atoms with van der Waals surface area (Å²) in [4.78, 5) is 14.3. The molecule has 0 aliphatic heterocycles. The lowest BCUT2D eigenvalue weighted by atomic mass is 9.96. The van der Waals surface area contributed by atoms with E-state index in [-0.39, 0.29) is 12.1 Å². The van der Waals surface area contributed by atoms with Gasteiger partial charge < -0.3 is 10.2 Å². The van der Waals surface area contributed by atoms with Crippen molar-refractivity contribution in [1.82, 2.24) is 4.98 Å². The van der Waals surface area contributed by atoms with Gasteiger partial charge in [0.2, 0.25) is 5.60 Å². The molecular weight excluding hydrogens is 189 g/mol. The number of hydrogen-bond donors (Lipinski definition) is 2. The number of pyridine rings is 1. The van der Waals surface area contributed by atoms with Crippen LogP contribution in [0.25, 0.3) is 0 Å². The molecule has 0 saturated carbocycles. The zero-order chi connectivity index (χ0) is 10.8. The van der Waals surface area contributed by atoms with Crippen molar-refractivity contribution < 1.29 is 19.4 Å². The van der Waals surface area contributed by atoms with Crippen LogP contribution in [0.3, 0.4) is 0 Å². The van der Waals surface area contributed by atoms with E-state index in [1.54, 1.807) is 0 Å². The Bertz CT molecular complexity index is 338. The molecule has 1 heterocycles. The highest BCUT2D eigenvalue weighted by atomic mass is 19.1. The fraction of sp³-hybridized carbons (Fsp3) is 0.333. The van der Waals surface area contributed by atoms with Crippen LogP contribution in [-0.2, 0) is 10.4 Å². The van der Waals surface area contributed by atoms with Gasteiger partial charge in [-0.1, -0.05) is 6.92 Å². The molecule has 4 nitrogen and oxygen atoms in total. The average molecular weight is 199 g/mol. The van der Waals surface area contributed by atoms with Gasteiger partial charge in [-0.15, -0.1) is 0 Å². The van der Waals surface area contributed by atoms with Crippen LogP contribution in [0.2, 0.25) is 0 Å². The first kappa shape index (κ1) is 10.6. The van der Waals surface area contributed by atoms with E-state index >= 15 is 0 Å². The molecule has 76 valence electrons. The lowest BCUT2D eigenvalue weighted by Gasteiger charge is -2.20. The van der Waals surface area contributed by atoms with Gasteiger partial charge in [-0.25, -0.2) is 9.18 Å². The minimum absolute atomic E-state index is 0.0268. The fourth-order valence-corrected chi connectivity index (χ4v) is 1.06. The Labute approximate surface area is 80.0 Å². The smallest absolute Gasteiger partial charge is 0.342 e. The van der Waals surface area contributed by atoms with Gasteiger partial charge in [-0.3, -0.25) is 4.98 Å². The van der Waals surface area contributed by atoms with E-state index in [0.717, 1.165) is 18.3 Å². The molecule has 0 saturated heterocycles. The molecule has 0 aliphatic rings. The van der Waals surface area contributed by atoms with Crippen molar-refractivity contribution in [3.8, 4) is 0 Å². The molecule has 0 spiro atoms. The van der Waals surface area contributed by atoms with Gasteiger partial charge in [0.25, 0.3) is 0 Å². The molecule has 0 aliphatic carbocycles. The molecule has 1 aromatic heterocycles. The van der Waals surface area contributed by atoms with Crippen molar-refractivity contribution in [1.29, 1.82) is 0 Å². The lowest BCUT2D eigenvalue weighted by molar-refractivity contribution is -0.160. The topological polar surface area (TPSA) is 70.4 Å². The van der Waals surface area contributed by atoms with E-state index in [9.17, 15) is 14.3 Å². The highest BCUT2D eigenvalue weighted by molar-refractivity contribution is 5.78. The Hall–Kier alpha value is -1.49. The number of aliphatic carboxylic acids is 1. The first-order valence-electron chi connectivity index (χ1n) is 4.08. The minimum atomic E-state index is -2.03. The molecule has 1 rings (SSSR count). The number of carbonyl (C=O) groups is 1. The number of rotatable bonds is 3. The Kier molecular flexibility index (Phi) is 2.81. The summed E-state index contributed by atoms with van der Waals surface area (Å²) >= 11 is 0. The van der Waals surface area contributed by atoms with Gasteiger partial charge in [0.1, 0.15) is 5.82 Å². The van der Waals surface area contributed by atoms with E-state index in [0.29, 0.717) is 0 Å². The number of aromatic nitrogens is 1. The summed E-state index contributed by atoms with van der Waals surface area (Å²) in [6, 6.07) is 2.22.